The molecule has 0 unspecified atom stereocenters. The van der Waals surface area contributed by atoms with Crippen LogP contribution in [0.5, 0.6) is 0 Å². The molecule has 0 aliphatic rings. The number of hydrogen-bond acceptors (Lipinski definition) is 0. The quantitative estimate of drug-likeness (QED) is 0.215. The topological polar surface area (TPSA) is 284 Å². The Kier molecular flexibility index (Phi) is 8370. The average Bonchev–Trinajstić information content (AvgIpc) is 0. The SMILES string of the molecule is O.O.O.O.O.O.O.O.O.[Ce+3].[I-].[I-].[I-]. The molecule has 0 aliphatic heterocycles. The van der Waals surface area contributed by atoms with Gasteiger partial charge in [-0.15, -0.1) is 0 Å². The molecule has 9 nitrogen and oxygen atoms in total. The Labute approximate surface area is 160 Å². The van der Waals surface area contributed by atoms with Crippen LogP contribution >= 0.6 is 0 Å². The Bertz CT molecular complexity index is 14.8. The average molecular weight is 683 g/mol. The molecule has 0 aliphatic carbocycles. The van der Waals surface area contributed by atoms with Crippen molar-refractivity contribution in [2.24, 2.45) is 0 Å². The molecule has 0 amide bonds. The van der Waals surface area contributed by atoms with Crippen LogP contribution in [0.15, 0.2) is 0 Å². The largest absolute Gasteiger partial charge is 3.00 e. The van der Waals surface area contributed by atoms with Crippen molar-refractivity contribution in [1.29, 1.82) is 0 Å². The van der Waals surface area contributed by atoms with Gasteiger partial charge in [0.25, 0.3) is 0 Å². The number of rotatable bonds is 0. The molecule has 0 fully saturated rings. The van der Waals surface area contributed by atoms with Crippen LogP contribution in [0.4, 0.5) is 0 Å². The van der Waals surface area contributed by atoms with Gasteiger partial charge in [-0.05, 0) is 0 Å². The predicted octanol–water partition coefficient (Wildman–Crippen LogP) is -16.4. The van der Waals surface area contributed by atoms with Gasteiger partial charge in [0.05, 0.1) is 0 Å². The normalized spacial score (nSPS) is 0. The standard InChI is InChI=1S/Ce.3HI.9H2O/h;3*1H;9*1H2/q+3;;;;;;;;;;;;/p-3. The Morgan fingerprint density at radius 1 is 0.231 bits per heavy atom. The van der Waals surface area contributed by atoms with Crippen LogP contribution in [-0.2, 0) is 0 Å². The molecule has 0 atom stereocenters. The van der Waals surface area contributed by atoms with Crippen molar-refractivity contribution in [3.63, 3.8) is 0 Å². The molecule has 13 heteroatoms. The van der Waals surface area contributed by atoms with E-state index < -0.39 is 0 Å². The Morgan fingerprint density at radius 2 is 0.231 bits per heavy atom. The van der Waals surface area contributed by atoms with Gasteiger partial charge in [-0.25, -0.2) is 0 Å². The molecule has 18 N–H and O–H groups in total. The molecular formula is H18CeI3O9. The third kappa shape index (κ3) is 258. The van der Waals surface area contributed by atoms with Gasteiger partial charge in [0, 0.05) is 0 Å². The molecular weight excluding hydrogens is 665 g/mol. The van der Waals surface area contributed by atoms with Gasteiger partial charge in [0.1, 0.15) is 0 Å². The van der Waals surface area contributed by atoms with Gasteiger partial charge in [-0.1, -0.05) is 0 Å². The van der Waals surface area contributed by atoms with Crippen LogP contribution in [0.2, 0.25) is 0 Å². The van der Waals surface area contributed by atoms with E-state index in [4.69, 9.17) is 0 Å². The summed E-state index contributed by atoms with van der Waals surface area (Å²) < 4.78 is 0. The van der Waals surface area contributed by atoms with Crippen molar-refractivity contribution in [3.05, 3.63) is 0 Å². The van der Waals surface area contributed by atoms with E-state index in [9.17, 15) is 0 Å². The summed E-state index contributed by atoms with van der Waals surface area (Å²) in [5.41, 5.74) is 0. The maximum Gasteiger partial charge on any atom is 3.00 e. The zero-order valence-corrected chi connectivity index (χ0v) is 15.7. The molecule has 97 valence electrons. The molecule has 13 heavy (non-hydrogen) atoms. The second kappa shape index (κ2) is 298. The van der Waals surface area contributed by atoms with Crippen molar-refractivity contribution in [1.82, 2.24) is 0 Å². The molecule has 1 radical (unpaired) electrons. The molecule has 0 heterocycles. The van der Waals surface area contributed by atoms with E-state index in [-0.39, 0.29) is 163 Å². The third-order valence-electron chi connectivity index (χ3n) is 0. The van der Waals surface area contributed by atoms with Crippen LogP contribution < -0.4 is 71.9 Å². The molecule has 0 rings (SSSR count). The second-order valence-corrected chi connectivity index (χ2v) is 0. The van der Waals surface area contributed by atoms with E-state index in [1.807, 2.05) is 0 Å². The van der Waals surface area contributed by atoms with Crippen LogP contribution in [-0.4, -0.2) is 49.3 Å². The van der Waals surface area contributed by atoms with Gasteiger partial charge in [-0.2, -0.15) is 0 Å². The summed E-state index contributed by atoms with van der Waals surface area (Å²) in [5, 5.41) is 0. The molecule has 0 spiro atoms. The zero-order valence-electron chi connectivity index (χ0n) is 6.13. The minimum absolute atomic E-state index is 0. The summed E-state index contributed by atoms with van der Waals surface area (Å²) >= 11 is 0. The fraction of sp³-hybridized carbons (Fsp3) is 0. The van der Waals surface area contributed by atoms with Gasteiger partial charge in [0.2, 0.25) is 0 Å². The van der Waals surface area contributed by atoms with Crippen LogP contribution in [0, 0.1) is 41.7 Å². The van der Waals surface area contributed by atoms with Crippen molar-refractivity contribution in [3.8, 4) is 0 Å². The maximum absolute atomic E-state index is 0. The number of hydrogen-bond donors (Lipinski definition) is 0. The summed E-state index contributed by atoms with van der Waals surface area (Å²) in [6.07, 6.45) is 0. The van der Waals surface area contributed by atoms with E-state index in [0.29, 0.717) is 0 Å². The van der Waals surface area contributed by atoms with E-state index >= 15 is 0 Å². The Morgan fingerprint density at radius 3 is 0.231 bits per heavy atom. The minimum Gasteiger partial charge on any atom is -1.00 e. The van der Waals surface area contributed by atoms with Crippen LogP contribution in [0.25, 0.3) is 0 Å². The first-order valence-electron chi connectivity index (χ1n) is 0. The zero-order chi connectivity index (χ0) is 0. The molecule has 0 aromatic carbocycles. The van der Waals surface area contributed by atoms with E-state index in [1.165, 1.54) is 0 Å². The molecule has 0 aromatic heterocycles. The smallest absolute Gasteiger partial charge is 1.00 e. The van der Waals surface area contributed by atoms with Crippen molar-refractivity contribution in [2.75, 3.05) is 0 Å². The Balaban J connectivity index is 0. The first-order valence-corrected chi connectivity index (χ1v) is 0. The van der Waals surface area contributed by atoms with Gasteiger partial charge >= 0.3 is 41.7 Å². The third-order valence-corrected chi connectivity index (χ3v) is 0. The van der Waals surface area contributed by atoms with Crippen LogP contribution in [0.3, 0.4) is 0 Å². The monoisotopic (exact) mass is 683 g/mol. The summed E-state index contributed by atoms with van der Waals surface area (Å²) in [4.78, 5) is 0. The number of halogens is 3. The van der Waals surface area contributed by atoms with Crippen LogP contribution in [0.1, 0.15) is 0 Å². The van der Waals surface area contributed by atoms with Gasteiger partial charge in [0.15, 0.2) is 0 Å². The van der Waals surface area contributed by atoms with Gasteiger partial charge < -0.3 is 121 Å². The first-order chi connectivity index (χ1) is 0. The van der Waals surface area contributed by atoms with Crippen molar-refractivity contribution >= 4 is 0 Å². The predicted molar refractivity (Wildman–Crippen MR) is 32.5 cm³/mol. The molecule has 0 aromatic rings. The van der Waals surface area contributed by atoms with E-state index in [0.717, 1.165) is 0 Å². The van der Waals surface area contributed by atoms with Crippen molar-refractivity contribution in [2.45, 2.75) is 0 Å². The minimum atomic E-state index is 0. The molecule has 0 saturated heterocycles. The summed E-state index contributed by atoms with van der Waals surface area (Å²) in [5.74, 6) is 0. The summed E-state index contributed by atoms with van der Waals surface area (Å²) in [7, 11) is 0. The van der Waals surface area contributed by atoms with Gasteiger partial charge in [-0.3, -0.25) is 0 Å². The maximum atomic E-state index is 0. The first kappa shape index (κ1) is 364. The Hall–Kier alpha value is 3.21. The summed E-state index contributed by atoms with van der Waals surface area (Å²) in [6.45, 7) is 0. The fourth-order valence-electron chi connectivity index (χ4n) is 0. The molecule has 0 saturated carbocycles. The van der Waals surface area contributed by atoms with E-state index in [1.54, 1.807) is 0 Å². The van der Waals surface area contributed by atoms with Crippen molar-refractivity contribution < 1.29 is 163 Å². The van der Waals surface area contributed by atoms with E-state index in [2.05, 4.69) is 0 Å². The summed E-state index contributed by atoms with van der Waals surface area (Å²) in [6, 6.07) is 0. The molecule has 0 bridgehead atoms. The fourth-order valence-corrected chi connectivity index (χ4v) is 0. The second-order valence-electron chi connectivity index (χ2n) is 0.